The smallest absolute Gasteiger partial charge is 0.339 e. The minimum absolute atomic E-state index is 0.0223. The van der Waals surface area contributed by atoms with Gasteiger partial charge in [-0.3, -0.25) is 4.79 Å². The van der Waals surface area contributed by atoms with Crippen molar-refractivity contribution in [3.63, 3.8) is 0 Å². The summed E-state index contributed by atoms with van der Waals surface area (Å²) in [6.45, 7) is 8.67. The van der Waals surface area contributed by atoms with Gasteiger partial charge in [-0.2, -0.15) is 0 Å². The van der Waals surface area contributed by atoms with Crippen LogP contribution in [0, 0.1) is 5.92 Å². The van der Waals surface area contributed by atoms with Crippen LogP contribution in [0.1, 0.15) is 44.0 Å². The first-order valence-electron chi connectivity index (χ1n) is 11.7. The highest BCUT2D eigenvalue weighted by molar-refractivity contribution is 5.92. The van der Waals surface area contributed by atoms with Crippen molar-refractivity contribution in [2.75, 3.05) is 48.3 Å². The number of carbonyl (C=O) groups is 3. The summed E-state index contributed by atoms with van der Waals surface area (Å²) < 4.78 is 5.00. The number of nitrogens with one attached hydrogen (secondary N) is 2. The van der Waals surface area contributed by atoms with Crippen LogP contribution in [0.5, 0.6) is 0 Å². The van der Waals surface area contributed by atoms with Crippen molar-refractivity contribution >= 4 is 35.1 Å². The summed E-state index contributed by atoms with van der Waals surface area (Å²) in [5.74, 6) is 0.658. The van der Waals surface area contributed by atoms with Gasteiger partial charge >= 0.3 is 12.0 Å². The number of ether oxygens (including phenoxy) is 1. The third-order valence-electron chi connectivity index (χ3n) is 5.38. The van der Waals surface area contributed by atoms with Crippen LogP contribution in [0.4, 0.5) is 22.0 Å². The third-order valence-corrected chi connectivity index (χ3v) is 5.38. The first-order chi connectivity index (χ1) is 16.4. The summed E-state index contributed by atoms with van der Waals surface area (Å²) in [5, 5.41) is 5.79. The Morgan fingerprint density at radius 2 is 1.68 bits per heavy atom. The largest absolute Gasteiger partial charge is 0.462 e. The SMILES string of the molecule is CCOC(=O)c1ccc(N2CCCN(C(=O)Nc3ccc(NC(=O)CC(C)C)cc3)CC2)nc1. The predicted octanol–water partition coefficient (Wildman–Crippen LogP) is 3.99. The van der Waals surface area contributed by atoms with Crippen LogP contribution in [0.3, 0.4) is 0 Å². The molecule has 9 heteroatoms. The van der Waals surface area contributed by atoms with E-state index in [2.05, 4.69) is 20.5 Å². The Labute approximate surface area is 200 Å². The molecule has 2 aromatic rings. The summed E-state index contributed by atoms with van der Waals surface area (Å²) in [7, 11) is 0. The first kappa shape index (κ1) is 25.0. The van der Waals surface area contributed by atoms with Crippen LogP contribution >= 0.6 is 0 Å². The second-order valence-corrected chi connectivity index (χ2v) is 8.61. The van der Waals surface area contributed by atoms with E-state index in [-0.39, 0.29) is 17.9 Å². The predicted molar refractivity (Wildman–Crippen MR) is 132 cm³/mol. The quantitative estimate of drug-likeness (QED) is 0.597. The van der Waals surface area contributed by atoms with Crippen molar-refractivity contribution in [2.45, 2.75) is 33.6 Å². The lowest BCUT2D eigenvalue weighted by Gasteiger charge is -2.23. The number of esters is 1. The van der Waals surface area contributed by atoms with Gasteiger partial charge in [0.05, 0.1) is 12.2 Å². The number of nitrogens with zero attached hydrogens (tertiary/aromatic N) is 3. The zero-order valence-corrected chi connectivity index (χ0v) is 20.0. The van der Waals surface area contributed by atoms with Crippen molar-refractivity contribution in [1.29, 1.82) is 0 Å². The molecule has 0 bridgehead atoms. The number of hydrogen-bond acceptors (Lipinski definition) is 6. The third kappa shape index (κ3) is 7.19. The summed E-state index contributed by atoms with van der Waals surface area (Å²) in [6, 6.07) is 10.5. The van der Waals surface area contributed by atoms with E-state index in [1.54, 1.807) is 42.2 Å². The Bertz CT molecular complexity index is 976. The number of rotatable bonds is 7. The summed E-state index contributed by atoms with van der Waals surface area (Å²) >= 11 is 0. The van der Waals surface area contributed by atoms with Gasteiger partial charge in [0.1, 0.15) is 5.82 Å². The molecule has 3 rings (SSSR count). The molecule has 1 fully saturated rings. The Balaban J connectivity index is 1.51. The Morgan fingerprint density at radius 3 is 2.29 bits per heavy atom. The fourth-order valence-corrected chi connectivity index (χ4v) is 3.68. The maximum atomic E-state index is 12.8. The van der Waals surface area contributed by atoms with Crippen LogP contribution in [-0.2, 0) is 9.53 Å². The van der Waals surface area contributed by atoms with E-state index in [1.807, 2.05) is 19.9 Å². The number of urea groups is 1. The fourth-order valence-electron chi connectivity index (χ4n) is 3.68. The number of carbonyl (C=O) groups excluding carboxylic acids is 3. The maximum absolute atomic E-state index is 12.8. The highest BCUT2D eigenvalue weighted by Gasteiger charge is 2.20. The highest BCUT2D eigenvalue weighted by atomic mass is 16.5. The topological polar surface area (TPSA) is 104 Å². The highest BCUT2D eigenvalue weighted by Crippen LogP contribution is 2.18. The standard InChI is InChI=1S/C25H33N5O4/c1-4-34-24(32)19-6-11-22(26-17-19)29-12-5-13-30(15-14-29)25(33)28-21-9-7-20(8-10-21)27-23(31)16-18(2)3/h6-11,17-18H,4-5,12-16H2,1-3H3,(H,27,31)(H,28,33). The van der Waals surface area contributed by atoms with Crippen LogP contribution in [0.15, 0.2) is 42.6 Å². The Morgan fingerprint density at radius 1 is 0.971 bits per heavy atom. The Kier molecular flexibility index (Phi) is 8.84. The van der Waals surface area contributed by atoms with E-state index in [9.17, 15) is 14.4 Å². The van der Waals surface area contributed by atoms with E-state index < -0.39 is 0 Å². The lowest BCUT2D eigenvalue weighted by atomic mass is 10.1. The molecule has 0 radical (unpaired) electrons. The molecular weight excluding hydrogens is 434 g/mol. The van der Waals surface area contributed by atoms with Gasteiger partial charge < -0.3 is 25.2 Å². The zero-order valence-electron chi connectivity index (χ0n) is 20.0. The van der Waals surface area contributed by atoms with Crippen molar-refractivity contribution in [3.8, 4) is 0 Å². The van der Waals surface area contributed by atoms with Crippen molar-refractivity contribution < 1.29 is 19.1 Å². The molecule has 2 heterocycles. The average molecular weight is 468 g/mol. The molecule has 0 aliphatic carbocycles. The van der Waals surface area contributed by atoms with Crippen LogP contribution in [-0.4, -0.2) is 60.6 Å². The van der Waals surface area contributed by atoms with Gasteiger partial charge in [0.15, 0.2) is 0 Å². The molecule has 1 aromatic carbocycles. The van der Waals surface area contributed by atoms with E-state index in [0.29, 0.717) is 55.5 Å². The van der Waals surface area contributed by atoms with Gasteiger partial charge in [0.2, 0.25) is 5.91 Å². The van der Waals surface area contributed by atoms with Gasteiger partial charge in [-0.15, -0.1) is 0 Å². The van der Waals surface area contributed by atoms with Crippen molar-refractivity contribution in [3.05, 3.63) is 48.2 Å². The average Bonchev–Trinajstić information content (AvgIpc) is 3.06. The minimum Gasteiger partial charge on any atom is -0.462 e. The fraction of sp³-hybridized carbons (Fsp3) is 0.440. The lowest BCUT2D eigenvalue weighted by molar-refractivity contribution is -0.116. The van der Waals surface area contributed by atoms with Crippen LogP contribution in [0.25, 0.3) is 0 Å². The van der Waals surface area contributed by atoms with Crippen molar-refractivity contribution in [2.24, 2.45) is 5.92 Å². The zero-order chi connectivity index (χ0) is 24.5. The molecule has 1 aliphatic heterocycles. The molecule has 3 amide bonds. The maximum Gasteiger partial charge on any atom is 0.339 e. The monoisotopic (exact) mass is 467 g/mol. The number of amides is 3. The van der Waals surface area contributed by atoms with E-state index in [4.69, 9.17) is 4.74 Å². The number of benzene rings is 1. The van der Waals surface area contributed by atoms with E-state index >= 15 is 0 Å². The molecule has 0 spiro atoms. The molecule has 2 N–H and O–H groups in total. The summed E-state index contributed by atoms with van der Waals surface area (Å²) in [4.78, 5) is 44.8. The molecule has 1 saturated heterocycles. The molecule has 1 aromatic heterocycles. The molecule has 0 unspecified atom stereocenters. The summed E-state index contributed by atoms with van der Waals surface area (Å²) in [6.07, 6.45) is 2.79. The number of aromatic nitrogens is 1. The van der Waals surface area contributed by atoms with E-state index in [0.717, 1.165) is 18.8 Å². The van der Waals surface area contributed by atoms with Crippen LogP contribution < -0.4 is 15.5 Å². The normalized spacial score (nSPS) is 13.9. The second kappa shape index (κ2) is 12.0. The minimum atomic E-state index is -0.383. The van der Waals surface area contributed by atoms with Gasteiger partial charge in [0, 0.05) is 50.2 Å². The molecule has 182 valence electrons. The summed E-state index contributed by atoms with van der Waals surface area (Å²) in [5.41, 5.74) is 1.80. The van der Waals surface area contributed by atoms with Gasteiger partial charge in [0.25, 0.3) is 0 Å². The van der Waals surface area contributed by atoms with Crippen molar-refractivity contribution in [1.82, 2.24) is 9.88 Å². The molecule has 9 nitrogen and oxygen atoms in total. The number of pyridine rings is 1. The van der Waals surface area contributed by atoms with Gasteiger partial charge in [-0.25, -0.2) is 14.6 Å². The van der Waals surface area contributed by atoms with E-state index in [1.165, 1.54) is 6.20 Å². The molecule has 0 atom stereocenters. The molecule has 1 aliphatic rings. The van der Waals surface area contributed by atoms with Gasteiger partial charge in [-0.1, -0.05) is 13.8 Å². The van der Waals surface area contributed by atoms with Gasteiger partial charge in [-0.05, 0) is 55.7 Å². The lowest BCUT2D eigenvalue weighted by Crippen LogP contribution is -2.38. The first-order valence-corrected chi connectivity index (χ1v) is 11.7. The number of hydrogen-bond donors (Lipinski definition) is 2. The second-order valence-electron chi connectivity index (χ2n) is 8.61. The molecular formula is C25H33N5O4. The van der Waals surface area contributed by atoms with Crippen LogP contribution in [0.2, 0.25) is 0 Å². The molecule has 34 heavy (non-hydrogen) atoms. The number of anilines is 3. The Hall–Kier alpha value is -3.62. The molecule has 0 saturated carbocycles.